The molecule has 0 spiro atoms. The molecule has 4 heterocycles. The van der Waals surface area contributed by atoms with Crippen LogP contribution in [0.4, 0.5) is 11.6 Å². The number of imidazole rings is 2. The molecule has 264 valence electrons. The van der Waals surface area contributed by atoms with Gasteiger partial charge in [-0.1, -0.05) is 99.5 Å². The molecule has 0 aliphatic heterocycles. The van der Waals surface area contributed by atoms with E-state index in [2.05, 4.69) is 116 Å². The Hall–Kier alpha value is -4.83. The van der Waals surface area contributed by atoms with Crippen LogP contribution in [0.1, 0.15) is 107 Å². The highest BCUT2D eigenvalue weighted by Crippen LogP contribution is 2.37. The largest absolute Gasteiger partial charge is 0.370 e. The second kappa shape index (κ2) is 16.9. The van der Waals surface area contributed by atoms with Gasteiger partial charge in [-0.2, -0.15) is 0 Å². The number of anilines is 2. The molecule has 51 heavy (non-hydrogen) atoms. The Morgan fingerprint density at radius 1 is 0.686 bits per heavy atom. The van der Waals surface area contributed by atoms with Crippen molar-refractivity contribution in [1.29, 1.82) is 0 Å². The molecule has 2 saturated carbocycles. The Bertz CT molecular complexity index is 2060. The van der Waals surface area contributed by atoms with Gasteiger partial charge >= 0.3 is 0 Å². The maximum absolute atomic E-state index is 6.83. The van der Waals surface area contributed by atoms with Crippen molar-refractivity contribution in [2.45, 2.75) is 109 Å². The van der Waals surface area contributed by atoms with Crippen LogP contribution >= 0.6 is 0 Å². The van der Waals surface area contributed by atoms with Crippen LogP contribution in [0.3, 0.4) is 0 Å². The molecule has 2 aromatic carbocycles. The molecule has 7 nitrogen and oxygen atoms in total. The predicted octanol–water partition coefficient (Wildman–Crippen LogP) is 11.5. The topological polar surface area (TPSA) is 63.0 Å². The zero-order chi connectivity index (χ0) is 34.8. The summed E-state index contributed by atoms with van der Waals surface area (Å²) in [4.78, 5) is 13.4. The van der Waals surface area contributed by atoms with Gasteiger partial charge in [-0.3, -0.25) is 8.80 Å². The van der Waals surface area contributed by atoms with Crippen LogP contribution in [0.25, 0.3) is 38.3 Å². The van der Waals surface area contributed by atoms with Gasteiger partial charge in [-0.05, 0) is 81.2 Å². The standard InChI is InChI=1S/C23H23N3.C21H30N4/c1-3-10-18(11-4-1)22-23(24-19-12-5-2-6-13-19)26-20-14-8-7-9-17(20)15-16-21(26)25-22;1-17-11-10-14-19-24-20(18-12-6-5-7-13-18)21(25(17)19)23-16-9-4-3-8-15-22-2/h1,3-4,7-11,14-16,19,24H,2,5-6,12-13H2;10-11,14,18,23H,3-9,12-13,15-16H2,1H3. The summed E-state index contributed by atoms with van der Waals surface area (Å²) < 4.78 is 4.59. The second-order valence-corrected chi connectivity index (χ2v) is 14.5. The van der Waals surface area contributed by atoms with Crippen molar-refractivity contribution in [2.75, 3.05) is 23.7 Å². The van der Waals surface area contributed by atoms with Gasteiger partial charge in [0.25, 0.3) is 0 Å². The fraction of sp³-hybridized carbons (Fsp3) is 0.432. The van der Waals surface area contributed by atoms with Crippen molar-refractivity contribution >= 4 is 33.8 Å². The van der Waals surface area contributed by atoms with Crippen LogP contribution in [0.15, 0.2) is 84.9 Å². The van der Waals surface area contributed by atoms with Gasteiger partial charge in [0.15, 0.2) is 0 Å². The summed E-state index contributed by atoms with van der Waals surface area (Å²) in [7, 11) is 0. The van der Waals surface area contributed by atoms with Gasteiger partial charge in [-0.25, -0.2) is 16.5 Å². The fourth-order valence-electron chi connectivity index (χ4n) is 8.14. The highest BCUT2D eigenvalue weighted by atomic mass is 15.2. The number of aryl methyl sites for hydroxylation is 1. The van der Waals surface area contributed by atoms with E-state index in [-0.39, 0.29) is 0 Å². The molecule has 0 unspecified atom stereocenters. The van der Waals surface area contributed by atoms with Crippen LogP contribution in [0, 0.1) is 13.5 Å². The molecule has 0 bridgehead atoms. The van der Waals surface area contributed by atoms with Gasteiger partial charge in [0.1, 0.15) is 28.6 Å². The molecular formula is C44H53N7. The Morgan fingerprint density at radius 3 is 2.22 bits per heavy atom. The number of aromatic nitrogens is 4. The Morgan fingerprint density at radius 2 is 1.41 bits per heavy atom. The molecule has 4 aromatic heterocycles. The van der Waals surface area contributed by atoms with Crippen molar-refractivity contribution in [3.63, 3.8) is 0 Å². The summed E-state index contributed by atoms with van der Waals surface area (Å²) in [6.07, 6.45) is 17.6. The van der Waals surface area contributed by atoms with E-state index in [1.807, 2.05) is 0 Å². The minimum absolute atomic E-state index is 0.532. The zero-order valence-electron chi connectivity index (χ0n) is 30.3. The third-order valence-corrected chi connectivity index (χ3v) is 10.8. The lowest BCUT2D eigenvalue weighted by Gasteiger charge is -2.24. The molecule has 8 rings (SSSR count). The van der Waals surface area contributed by atoms with E-state index in [1.165, 1.54) is 104 Å². The third kappa shape index (κ3) is 8.06. The number of nitrogens with one attached hydrogen (secondary N) is 2. The maximum atomic E-state index is 6.83. The van der Waals surface area contributed by atoms with Crippen molar-refractivity contribution in [3.8, 4) is 11.3 Å². The Kier molecular flexibility index (Phi) is 11.5. The van der Waals surface area contributed by atoms with Gasteiger partial charge in [0.05, 0.1) is 11.2 Å². The predicted molar refractivity (Wildman–Crippen MR) is 213 cm³/mol. The number of hydrogen-bond donors (Lipinski definition) is 2. The van der Waals surface area contributed by atoms with E-state index in [9.17, 15) is 0 Å². The van der Waals surface area contributed by atoms with Crippen molar-refractivity contribution in [3.05, 3.63) is 108 Å². The summed E-state index contributed by atoms with van der Waals surface area (Å²) in [5.74, 6) is 2.96. The molecule has 6 aromatic rings. The van der Waals surface area contributed by atoms with E-state index in [0.717, 1.165) is 48.6 Å². The quantitative estimate of drug-likeness (QED) is 0.106. The smallest absolute Gasteiger partial charge is 0.214 e. The van der Waals surface area contributed by atoms with E-state index in [4.69, 9.17) is 16.5 Å². The summed E-state index contributed by atoms with van der Waals surface area (Å²) >= 11 is 0. The van der Waals surface area contributed by atoms with Crippen molar-refractivity contribution in [2.24, 2.45) is 0 Å². The summed E-state index contributed by atoms with van der Waals surface area (Å²) in [6, 6.07) is 30.3. The SMILES string of the molecule is [C-]#[N+]CCCCCCNc1c(C2CCCCC2)nc2cccc(C)n12.c1ccc(-c2nc3ccc4ccccc4n3c2NC2CCCCC2)cc1. The van der Waals surface area contributed by atoms with E-state index >= 15 is 0 Å². The molecule has 7 heteroatoms. The van der Waals surface area contributed by atoms with Crippen LogP contribution in [-0.4, -0.2) is 37.9 Å². The summed E-state index contributed by atoms with van der Waals surface area (Å²) in [5, 5.41) is 8.81. The summed E-state index contributed by atoms with van der Waals surface area (Å²) in [6.45, 7) is 10.7. The highest BCUT2D eigenvalue weighted by molar-refractivity contribution is 5.87. The van der Waals surface area contributed by atoms with Crippen LogP contribution < -0.4 is 10.6 Å². The molecule has 2 aliphatic rings. The normalized spacial score (nSPS) is 15.5. The second-order valence-electron chi connectivity index (χ2n) is 14.5. The van der Waals surface area contributed by atoms with Gasteiger partial charge in [-0.15, -0.1) is 0 Å². The lowest BCUT2D eigenvalue weighted by atomic mass is 9.87. The first-order chi connectivity index (χ1) is 25.2. The zero-order valence-corrected chi connectivity index (χ0v) is 30.3. The van der Waals surface area contributed by atoms with E-state index < -0.39 is 0 Å². The minimum Gasteiger partial charge on any atom is -0.370 e. The number of nitrogens with zero attached hydrogens (tertiary/aromatic N) is 5. The Labute approximate surface area is 303 Å². The molecule has 2 fully saturated rings. The van der Waals surface area contributed by atoms with E-state index in [0.29, 0.717) is 18.5 Å². The van der Waals surface area contributed by atoms with Crippen molar-refractivity contribution in [1.82, 2.24) is 18.8 Å². The molecular weight excluding hydrogens is 627 g/mol. The Balaban J connectivity index is 0.000000159. The van der Waals surface area contributed by atoms with Crippen LogP contribution in [-0.2, 0) is 0 Å². The molecule has 2 N–H and O–H groups in total. The number of pyridine rings is 2. The average Bonchev–Trinajstić information content (AvgIpc) is 3.75. The molecule has 0 saturated heterocycles. The molecule has 0 amide bonds. The van der Waals surface area contributed by atoms with Gasteiger partial charge in [0, 0.05) is 36.2 Å². The third-order valence-electron chi connectivity index (χ3n) is 10.8. The number of rotatable bonds is 11. The minimum atomic E-state index is 0.532. The first-order valence-corrected chi connectivity index (χ1v) is 19.5. The lowest BCUT2D eigenvalue weighted by molar-refractivity contribution is 0.438. The van der Waals surface area contributed by atoms with Crippen molar-refractivity contribution < 1.29 is 0 Å². The van der Waals surface area contributed by atoms with Gasteiger partial charge < -0.3 is 15.5 Å². The first kappa shape index (κ1) is 34.6. The van der Waals surface area contributed by atoms with Crippen LogP contribution in [0.2, 0.25) is 0 Å². The first-order valence-electron chi connectivity index (χ1n) is 19.5. The van der Waals surface area contributed by atoms with Gasteiger partial charge in [0.2, 0.25) is 6.54 Å². The molecule has 2 aliphatic carbocycles. The lowest BCUT2D eigenvalue weighted by Crippen LogP contribution is -2.23. The number of unbranched alkanes of at least 4 members (excludes halogenated alkanes) is 3. The monoisotopic (exact) mass is 679 g/mol. The maximum Gasteiger partial charge on any atom is 0.214 e. The number of benzene rings is 2. The summed E-state index contributed by atoms with van der Waals surface area (Å²) in [5.41, 5.74) is 8.01. The highest BCUT2D eigenvalue weighted by Gasteiger charge is 2.24. The number of hydrogen-bond acceptors (Lipinski definition) is 4. The number of para-hydroxylation sites is 1. The molecule has 0 atom stereocenters. The molecule has 0 radical (unpaired) electrons. The number of fused-ring (bicyclic) bond motifs is 4. The van der Waals surface area contributed by atoms with Crippen LogP contribution in [0.5, 0.6) is 0 Å². The average molecular weight is 680 g/mol. The fourth-order valence-corrected chi connectivity index (χ4v) is 8.14. The van der Waals surface area contributed by atoms with E-state index in [1.54, 1.807) is 0 Å².